The number of hydrogen-bond acceptors (Lipinski definition) is 4. The molecule has 0 amide bonds. The van der Waals surface area contributed by atoms with Crippen LogP contribution >= 0.6 is 15.9 Å². The molecule has 0 atom stereocenters. The van der Waals surface area contributed by atoms with E-state index in [2.05, 4.69) is 15.9 Å². The zero-order valence-electron chi connectivity index (χ0n) is 9.71. The predicted octanol–water partition coefficient (Wildman–Crippen LogP) is 3.47. The fourth-order valence-corrected chi connectivity index (χ4v) is 1.76. The van der Waals surface area contributed by atoms with Crippen LogP contribution in [0, 0.1) is 0 Å². The van der Waals surface area contributed by atoms with E-state index in [0.717, 1.165) is 4.47 Å². The fourth-order valence-electron chi connectivity index (χ4n) is 1.38. The fraction of sp³-hybridized carbons (Fsp3) is 0. The minimum absolute atomic E-state index is 0.215. The minimum atomic E-state index is -0.582. The van der Waals surface area contributed by atoms with E-state index in [0.29, 0.717) is 17.6 Å². The topological polar surface area (TPSA) is 56.5 Å². The zero-order valence-corrected chi connectivity index (χ0v) is 11.3. The van der Waals surface area contributed by atoms with E-state index >= 15 is 0 Å². The van der Waals surface area contributed by atoms with Crippen molar-refractivity contribution in [2.24, 2.45) is 0 Å². The molecule has 0 radical (unpaired) electrons. The van der Waals surface area contributed by atoms with Gasteiger partial charge in [-0.2, -0.15) is 0 Å². The molecule has 0 fully saturated rings. The van der Waals surface area contributed by atoms with Gasteiger partial charge in [0, 0.05) is 10.5 Å². The predicted molar refractivity (Wildman–Crippen MR) is 72.9 cm³/mol. The Kier molecular flexibility index (Phi) is 4.30. The van der Waals surface area contributed by atoms with Crippen molar-refractivity contribution in [3.8, 4) is 5.75 Å². The highest BCUT2D eigenvalue weighted by molar-refractivity contribution is 9.10. The van der Waals surface area contributed by atoms with E-state index in [1.165, 1.54) is 18.4 Å². The molecule has 1 aromatic carbocycles. The van der Waals surface area contributed by atoms with Crippen LogP contribution in [0.4, 0.5) is 0 Å². The minimum Gasteiger partial charge on any atom is -0.465 e. The van der Waals surface area contributed by atoms with Gasteiger partial charge >= 0.3 is 5.97 Å². The molecule has 0 spiro atoms. The third-order valence-electron chi connectivity index (χ3n) is 2.24. The lowest BCUT2D eigenvalue weighted by molar-refractivity contribution is -0.128. The molecule has 1 heterocycles. The summed E-state index contributed by atoms with van der Waals surface area (Å²) < 4.78 is 10.8. The molecule has 0 bridgehead atoms. The van der Waals surface area contributed by atoms with Crippen molar-refractivity contribution in [3.63, 3.8) is 0 Å². The van der Waals surface area contributed by atoms with Crippen LogP contribution in [-0.4, -0.2) is 12.3 Å². The number of hydrogen-bond donors (Lipinski definition) is 0. The van der Waals surface area contributed by atoms with Crippen LogP contribution in [0.5, 0.6) is 5.75 Å². The van der Waals surface area contributed by atoms with Gasteiger partial charge in [0.2, 0.25) is 0 Å². The number of carbonyl (C=O) groups excluding carboxylic acids is 2. The molecule has 0 N–H and O–H groups in total. The maximum atomic E-state index is 11.6. The van der Waals surface area contributed by atoms with Crippen molar-refractivity contribution >= 4 is 34.3 Å². The summed E-state index contributed by atoms with van der Waals surface area (Å²) in [6.07, 6.45) is 4.85. The normalized spacial score (nSPS) is 10.6. The van der Waals surface area contributed by atoms with Gasteiger partial charge in [0.1, 0.15) is 11.5 Å². The first-order chi connectivity index (χ1) is 9.19. The van der Waals surface area contributed by atoms with Gasteiger partial charge in [-0.25, -0.2) is 4.79 Å². The van der Waals surface area contributed by atoms with E-state index in [9.17, 15) is 9.59 Å². The third-order valence-corrected chi connectivity index (χ3v) is 2.73. The van der Waals surface area contributed by atoms with Gasteiger partial charge in [-0.05, 0) is 36.4 Å². The molecule has 5 heteroatoms. The first-order valence-corrected chi connectivity index (χ1v) is 6.16. The molecule has 0 aliphatic carbocycles. The van der Waals surface area contributed by atoms with Crippen molar-refractivity contribution in [3.05, 3.63) is 58.5 Å². The molecule has 0 unspecified atom stereocenters. The van der Waals surface area contributed by atoms with E-state index in [-0.39, 0.29) is 5.75 Å². The Morgan fingerprint density at radius 2 is 2.16 bits per heavy atom. The summed E-state index contributed by atoms with van der Waals surface area (Å²) >= 11 is 3.23. The number of rotatable bonds is 4. The van der Waals surface area contributed by atoms with Crippen molar-refractivity contribution in [2.45, 2.75) is 0 Å². The Hall–Kier alpha value is -2.14. The van der Waals surface area contributed by atoms with E-state index < -0.39 is 5.97 Å². The quantitative estimate of drug-likeness (QED) is 0.374. The lowest BCUT2D eigenvalue weighted by Crippen LogP contribution is -2.05. The maximum Gasteiger partial charge on any atom is 0.336 e. The monoisotopic (exact) mass is 320 g/mol. The maximum absolute atomic E-state index is 11.6. The lowest BCUT2D eigenvalue weighted by Gasteiger charge is -2.04. The summed E-state index contributed by atoms with van der Waals surface area (Å²) in [5, 5.41) is 0. The average Bonchev–Trinajstić information content (AvgIpc) is 2.91. The number of halogens is 1. The molecule has 4 nitrogen and oxygen atoms in total. The molecule has 19 heavy (non-hydrogen) atoms. The standard InChI is InChI=1S/C14H9BrO4/c15-11-3-5-13(10(8-11)9-16)19-14(17)6-4-12-2-1-7-18-12/h1-9H. The second-order valence-corrected chi connectivity index (χ2v) is 4.49. The van der Waals surface area contributed by atoms with Gasteiger partial charge in [-0.3, -0.25) is 4.79 Å². The van der Waals surface area contributed by atoms with Crippen molar-refractivity contribution < 1.29 is 18.7 Å². The van der Waals surface area contributed by atoms with Crippen LogP contribution in [0.25, 0.3) is 6.08 Å². The third kappa shape index (κ3) is 3.66. The Morgan fingerprint density at radius 3 is 2.84 bits per heavy atom. The number of esters is 1. The Labute approximate surface area is 117 Å². The van der Waals surface area contributed by atoms with Crippen molar-refractivity contribution in [1.82, 2.24) is 0 Å². The molecule has 0 aliphatic rings. The van der Waals surface area contributed by atoms with Gasteiger partial charge in [0.15, 0.2) is 6.29 Å². The number of benzene rings is 1. The second-order valence-electron chi connectivity index (χ2n) is 3.57. The summed E-state index contributed by atoms with van der Waals surface area (Å²) in [6.45, 7) is 0. The molecule has 0 saturated carbocycles. The summed E-state index contributed by atoms with van der Waals surface area (Å²) in [5.74, 6) is 0.178. The average molecular weight is 321 g/mol. The number of carbonyl (C=O) groups is 2. The van der Waals surface area contributed by atoms with Gasteiger partial charge in [-0.1, -0.05) is 15.9 Å². The Bertz CT molecular complexity index is 614. The van der Waals surface area contributed by atoms with Gasteiger partial charge in [-0.15, -0.1) is 0 Å². The smallest absolute Gasteiger partial charge is 0.336 e. The van der Waals surface area contributed by atoms with Crippen LogP contribution < -0.4 is 4.74 Å². The summed E-state index contributed by atoms with van der Waals surface area (Å²) in [5.41, 5.74) is 0.300. The SMILES string of the molecule is O=Cc1cc(Br)ccc1OC(=O)C=Cc1ccco1. The highest BCUT2D eigenvalue weighted by Crippen LogP contribution is 2.22. The van der Waals surface area contributed by atoms with Crippen LogP contribution in [0.2, 0.25) is 0 Å². The molecular weight excluding hydrogens is 312 g/mol. The van der Waals surface area contributed by atoms with Crippen molar-refractivity contribution in [2.75, 3.05) is 0 Å². The molecule has 0 saturated heterocycles. The van der Waals surface area contributed by atoms with Crippen LogP contribution in [0.1, 0.15) is 16.1 Å². The van der Waals surface area contributed by atoms with Gasteiger partial charge in [0.25, 0.3) is 0 Å². The molecule has 2 aromatic rings. The zero-order chi connectivity index (χ0) is 13.7. The first kappa shape index (κ1) is 13.3. The van der Waals surface area contributed by atoms with E-state index in [1.807, 2.05) is 0 Å². The van der Waals surface area contributed by atoms with Gasteiger partial charge in [0.05, 0.1) is 11.8 Å². The first-order valence-electron chi connectivity index (χ1n) is 5.37. The van der Waals surface area contributed by atoms with Crippen LogP contribution in [0.3, 0.4) is 0 Å². The lowest BCUT2D eigenvalue weighted by atomic mass is 10.2. The largest absolute Gasteiger partial charge is 0.465 e. The highest BCUT2D eigenvalue weighted by Gasteiger charge is 2.07. The van der Waals surface area contributed by atoms with Gasteiger partial charge < -0.3 is 9.15 Å². The number of ether oxygens (including phenoxy) is 1. The molecule has 0 aliphatic heterocycles. The Morgan fingerprint density at radius 1 is 1.32 bits per heavy atom. The summed E-state index contributed by atoms with van der Waals surface area (Å²) in [4.78, 5) is 22.4. The number of furan rings is 1. The van der Waals surface area contributed by atoms with Crippen molar-refractivity contribution in [1.29, 1.82) is 0 Å². The van der Waals surface area contributed by atoms with E-state index in [1.54, 1.807) is 30.3 Å². The molecule has 96 valence electrons. The summed E-state index contributed by atoms with van der Waals surface area (Å²) in [6, 6.07) is 8.23. The highest BCUT2D eigenvalue weighted by atomic mass is 79.9. The molecular formula is C14H9BrO4. The van der Waals surface area contributed by atoms with E-state index in [4.69, 9.17) is 9.15 Å². The summed E-state index contributed by atoms with van der Waals surface area (Å²) in [7, 11) is 0. The molecule has 2 rings (SSSR count). The second kappa shape index (κ2) is 6.15. The molecule has 1 aromatic heterocycles. The van der Waals surface area contributed by atoms with Crippen LogP contribution in [-0.2, 0) is 4.79 Å². The Balaban J connectivity index is 2.09. The van der Waals surface area contributed by atoms with Crippen LogP contribution in [0.15, 0.2) is 51.6 Å². The number of aldehydes is 1.